The average molecular weight is 332 g/mol. The topological polar surface area (TPSA) is 78.6 Å². The number of rotatable bonds is 4. The molecular weight excluding hydrogens is 313 g/mol. The van der Waals surface area contributed by atoms with Crippen LogP contribution in [0, 0.1) is 0 Å². The van der Waals surface area contributed by atoms with E-state index in [0.717, 1.165) is 19.4 Å². The Morgan fingerprint density at radius 2 is 2.14 bits per heavy atom. The molecule has 0 aromatic heterocycles. The van der Waals surface area contributed by atoms with Crippen molar-refractivity contribution in [2.75, 3.05) is 24.2 Å². The number of likely N-dealkylation sites (tertiary alicyclic amines) is 1. The third-order valence-electron chi connectivity index (χ3n) is 3.82. The minimum atomic E-state index is -0.366. The fourth-order valence-corrected chi connectivity index (χ4v) is 3.25. The van der Waals surface area contributed by atoms with Gasteiger partial charge >= 0.3 is 0 Å². The Labute approximate surface area is 134 Å². The van der Waals surface area contributed by atoms with E-state index in [0.29, 0.717) is 21.4 Å². The lowest BCUT2D eigenvalue weighted by atomic mass is 10.2. The highest BCUT2D eigenvalue weighted by atomic mass is 35.5. The number of benzene rings is 1. The van der Waals surface area contributed by atoms with Gasteiger partial charge < -0.3 is 16.2 Å². The summed E-state index contributed by atoms with van der Waals surface area (Å²) in [5, 5.41) is 12.7. The number of aliphatic hydroxyl groups is 1. The zero-order valence-electron chi connectivity index (χ0n) is 11.8. The maximum atomic E-state index is 12.4. The van der Waals surface area contributed by atoms with Crippen molar-refractivity contribution in [1.82, 2.24) is 4.90 Å². The number of hydrogen-bond acceptors (Lipinski definition) is 4. The molecule has 1 aliphatic heterocycles. The van der Waals surface area contributed by atoms with Gasteiger partial charge in [-0.15, -0.1) is 0 Å². The van der Waals surface area contributed by atoms with E-state index < -0.39 is 0 Å². The summed E-state index contributed by atoms with van der Waals surface area (Å²) in [5.41, 5.74) is 6.44. The molecular formula is C14H19Cl2N3O2. The Hall–Kier alpha value is -1.01. The van der Waals surface area contributed by atoms with Gasteiger partial charge in [-0.3, -0.25) is 9.69 Å². The predicted octanol–water partition coefficient (Wildman–Crippen LogP) is 2.36. The molecule has 0 spiro atoms. The second-order valence-corrected chi connectivity index (χ2v) is 6.06. The second-order valence-electron chi connectivity index (χ2n) is 5.24. The summed E-state index contributed by atoms with van der Waals surface area (Å²) in [6.07, 6.45) is 1.88. The molecule has 1 aromatic carbocycles. The third kappa shape index (κ3) is 3.61. The lowest BCUT2D eigenvalue weighted by molar-refractivity contribution is -0.121. The highest BCUT2D eigenvalue weighted by molar-refractivity contribution is 6.40. The first kappa shape index (κ1) is 16.4. The molecule has 0 radical (unpaired) electrons. The normalized spacial score (nSPS) is 20.5. The summed E-state index contributed by atoms with van der Waals surface area (Å²) in [6.45, 7) is 2.66. The van der Waals surface area contributed by atoms with Crippen molar-refractivity contribution in [3.63, 3.8) is 0 Å². The highest BCUT2D eigenvalue weighted by Gasteiger charge is 2.31. The predicted molar refractivity (Wildman–Crippen MR) is 85.8 cm³/mol. The van der Waals surface area contributed by atoms with Gasteiger partial charge in [0.25, 0.3) is 0 Å². The first-order valence-corrected chi connectivity index (χ1v) is 7.61. The number of halogens is 2. The van der Waals surface area contributed by atoms with Gasteiger partial charge in [-0.1, -0.05) is 23.2 Å². The number of carbonyl (C=O) groups is 1. The van der Waals surface area contributed by atoms with E-state index in [2.05, 4.69) is 5.32 Å². The molecule has 116 valence electrons. The van der Waals surface area contributed by atoms with Crippen molar-refractivity contribution in [1.29, 1.82) is 0 Å². The fraction of sp³-hybridized carbons (Fsp3) is 0.500. The summed E-state index contributed by atoms with van der Waals surface area (Å²) in [5.74, 6) is -0.205. The molecule has 5 nitrogen and oxygen atoms in total. The number of nitrogens with zero attached hydrogens (tertiary/aromatic N) is 1. The Kier molecular flexibility index (Phi) is 5.32. The summed E-state index contributed by atoms with van der Waals surface area (Å²) >= 11 is 12.1. The molecule has 4 N–H and O–H groups in total. The van der Waals surface area contributed by atoms with Crippen LogP contribution in [0.4, 0.5) is 11.4 Å². The first-order valence-electron chi connectivity index (χ1n) is 6.86. The van der Waals surface area contributed by atoms with Gasteiger partial charge in [-0.2, -0.15) is 0 Å². The number of amides is 1. The van der Waals surface area contributed by atoms with Crippen molar-refractivity contribution in [2.24, 2.45) is 0 Å². The van der Waals surface area contributed by atoms with Crippen LogP contribution < -0.4 is 11.1 Å². The number of carbonyl (C=O) groups excluding carboxylic acids is 1. The van der Waals surface area contributed by atoms with Crippen molar-refractivity contribution in [2.45, 2.75) is 31.8 Å². The summed E-state index contributed by atoms with van der Waals surface area (Å²) in [6, 6.07) is 2.75. The molecule has 21 heavy (non-hydrogen) atoms. The lowest BCUT2D eigenvalue weighted by Gasteiger charge is -2.28. The van der Waals surface area contributed by atoms with Crippen molar-refractivity contribution < 1.29 is 9.90 Å². The van der Waals surface area contributed by atoms with Gasteiger partial charge in [0.15, 0.2) is 0 Å². The van der Waals surface area contributed by atoms with Crippen LogP contribution in [-0.2, 0) is 4.79 Å². The highest BCUT2D eigenvalue weighted by Crippen LogP contribution is 2.33. The smallest absolute Gasteiger partial charge is 0.241 e. The summed E-state index contributed by atoms with van der Waals surface area (Å²) in [7, 11) is 0. The van der Waals surface area contributed by atoms with Gasteiger partial charge in [-0.05, 0) is 38.4 Å². The minimum Gasteiger partial charge on any atom is -0.399 e. The summed E-state index contributed by atoms with van der Waals surface area (Å²) < 4.78 is 0. The Balaban J connectivity index is 2.11. The van der Waals surface area contributed by atoms with E-state index >= 15 is 0 Å². The molecule has 1 fully saturated rings. The lowest BCUT2D eigenvalue weighted by Crippen LogP contribution is -2.45. The number of anilines is 2. The Bertz CT molecular complexity index is 516. The van der Waals surface area contributed by atoms with E-state index in [4.69, 9.17) is 28.9 Å². The van der Waals surface area contributed by atoms with Crippen molar-refractivity contribution in [3.05, 3.63) is 22.2 Å². The van der Waals surface area contributed by atoms with Gasteiger partial charge in [0, 0.05) is 11.7 Å². The largest absolute Gasteiger partial charge is 0.399 e. The number of nitrogens with two attached hydrogens (primary N) is 1. The van der Waals surface area contributed by atoms with Gasteiger partial charge in [0.1, 0.15) is 0 Å². The molecule has 0 aliphatic carbocycles. The van der Waals surface area contributed by atoms with Crippen molar-refractivity contribution in [3.8, 4) is 0 Å². The molecule has 1 heterocycles. The van der Waals surface area contributed by atoms with Crippen LogP contribution in [0.2, 0.25) is 10.0 Å². The van der Waals surface area contributed by atoms with Crippen LogP contribution in [-0.4, -0.2) is 41.1 Å². The molecule has 2 atom stereocenters. The van der Waals surface area contributed by atoms with Crippen molar-refractivity contribution >= 4 is 40.5 Å². The van der Waals surface area contributed by atoms with E-state index in [1.807, 2.05) is 11.8 Å². The average Bonchev–Trinajstić information content (AvgIpc) is 2.89. The third-order valence-corrected chi connectivity index (χ3v) is 4.42. The zero-order valence-corrected chi connectivity index (χ0v) is 13.3. The number of nitrogen functional groups attached to an aromatic ring is 1. The standard InChI is InChI=1S/C14H19Cl2N3O2/c1-8(19-4-2-3-10(19)7-20)14(21)18-13-11(15)5-9(17)6-12(13)16/h5-6,8,10,20H,2-4,7,17H2,1H3,(H,18,21). The maximum absolute atomic E-state index is 12.4. The first-order chi connectivity index (χ1) is 9.93. The molecule has 2 unspecified atom stereocenters. The van der Waals surface area contributed by atoms with Gasteiger partial charge in [0.05, 0.1) is 28.4 Å². The van der Waals surface area contributed by atoms with Gasteiger partial charge in [-0.25, -0.2) is 0 Å². The zero-order chi connectivity index (χ0) is 15.6. The van der Waals surface area contributed by atoms with E-state index in [1.54, 1.807) is 12.1 Å². The van der Waals surface area contributed by atoms with Crippen LogP contribution in [0.5, 0.6) is 0 Å². The molecule has 7 heteroatoms. The molecule has 1 amide bonds. The molecule has 0 saturated carbocycles. The van der Waals surface area contributed by atoms with Crippen LogP contribution in [0.1, 0.15) is 19.8 Å². The Morgan fingerprint density at radius 1 is 1.52 bits per heavy atom. The second kappa shape index (κ2) is 6.83. The SMILES string of the molecule is CC(C(=O)Nc1c(Cl)cc(N)cc1Cl)N1CCCC1CO. The van der Waals surface area contributed by atoms with E-state index in [-0.39, 0.29) is 24.6 Å². The maximum Gasteiger partial charge on any atom is 0.241 e. The molecule has 1 aromatic rings. The fourth-order valence-electron chi connectivity index (χ4n) is 2.65. The molecule has 1 aliphatic rings. The minimum absolute atomic E-state index is 0.0307. The molecule has 2 rings (SSSR count). The Morgan fingerprint density at radius 3 is 2.71 bits per heavy atom. The number of nitrogens with one attached hydrogen (secondary N) is 1. The van der Waals surface area contributed by atoms with E-state index in [1.165, 1.54) is 0 Å². The van der Waals surface area contributed by atoms with Crippen LogP contribution in [0.3, 0.4) is 0 Å². The van der Waals surface area contributed by atoms with E-state index in [9.17, 15) is 9.90 Å². The quantitative estimate of drug-likeness (QED) is 0.740. The summed E-state index contributed by atoms with van der Waals surface area (Å²) in [4.78, 5) is 14.4. The molecule has 1 saturated heterocycles. The monoisotopic (exact) mass is 331 g/mol. The number of aliphatic hydroxyl groups excluding tert-OH is 1. The number of hydrogen-bond donors (Lipinski definition) is 3. The van der Waals surface area contributed by atoms with Crippen LogP contribution >= 0.6 is 23.2 Å². The van der Waals surface area contributed by atoms with Crippen LogP contribution in [0.15, 0.2) is 12.1 Å². The van der Waals surface area contributed by atoms with Crippen LogP contribution in [0.25, 0.3) is 0 Å². The molecule has 0 bridgehead atoms. The van der Waals surface area contributed by atoms with Gasteiger partial charge in [0.2, 0.25) is 5.91 Å².